The van der Waals surface area contributed by atoms with Crippen LogP contribution in [0, 0.1) is 6.92 Å². The fourth-order valence-corrected chi connectivity index (χ4v) is 3.13. The summed E-state index contributed by atoms with van der Waals surface area (Å²) in [6.45, 7) is 1.94. The maximum atomic E-state index is 12.8. The largest absolute Gasteiger partial charge is 0.368 e. The lowest BCUT2D eigenvalue weighted by molar-refractivity contribution is -0.117. The molecule has 1 amide bonds. The van der Waals surface area contributed by atoms with Crippen LogP contribution in [0.4, 0.5) is 5.69 Å². The van der Waals surface area contributed by atoms with Crippen molar-refractivity contribution >= 4 is 17.4 Å². The molecular formula is C21H28N4O2. The van der Waals surface area contributed by atoms with Crippen molar-refractivity contribution in [2.75, 3.05) is 12.4 Å². The Bertz CT molecular complexity index is 780. The minimum atomic E-state index is -0.626. The first-order valence-electron chi connectivity index (χ1n) is 9.51. The van der Waals surface area contributed by atoms with Crippen LogP contribution >= 0.6 is 0 Å². The number of benzene rings is 1. The van der Waals surface area contributed by atoms with Gasteiger partial charge in [0.2, 0.25) is 0 Å². The molecule has 0 heterocycles. The molecule has 1 aromatic rings. The van der Waals surface area contributed by atoms with Crippen LogP contribution in [-0.4, -0.2) is 37.0 Å². The molecule has 0 aliphatic heterocycles. The number of carbonyl (C=O) groups is 2. The minimum absolute atomic E-state index is 0.0336. The molecule has 2 aliphatic rings. The van der Waals surface area contributed by atoms with Crippen LogP contribution in [0.1, 0.15) is 41.6 Å². The SMILES string of the molecule is CNC(C(=O)C1=CCCC=C1)C(N)Nc1cc(C(=O)NC2CC2)ccc1C. The molecule has 0 spiro atoms. The zero-order chi connectivity index (χ0) is 19.4. The Morgan fingerprint density at radius 1 is 1.22 bits per heavy atom. The number of carbonyl (C=O) groups excluding carboxylic acids is 2. The van der Waals surface area contributed by atoms with Crippen molar-refractivity contribution in [2.24, 2.45) is 5.73 Å². The van der Waals surface area contributed by atoms with Gasteiger partial charge in [-0.15, -0.1) is 0 Å². The van der Waals surface area contributed by atoms with E-state index in [2.05, 4.69) is 16.0 Å². The van der Waals surface area contributed by atoms with Gasteiger partial charge in [0.1, 0.15) is 6.04 Å². The Hall–Kier alpha value is -2.44. The Morgan fingerprint density at radius 3 is 2.63 bits per heavy atom. The van der Waals surface area contributed by atoms with Gasteiger partial charge in [-0.1, -0.05) is 24.3 Å². The van der Waals surface area contributed by atoms with Crippen molar-refractivity contribution in [1.29, 1.82) is 0 Å². The standard InChI is InChI=1S/C21H28N4O2/c1-13-8-9-15(21(27)24-16-10-11-16)12-17(13)25-20(22)18(23-2)19(26)14-6-4-3-5-7-14/h4,6-9,12,16,18,20,23,25H,3,5,10-11,22H2,1-2H3,(H,24,27). The first kappa shape index (κ1) is 19.3. The highest BCUT2D eigenvalue weighted by atomic mass is 16.1. The number of allylic oxidation sites excluding steroid dienone is 3. The molecule has 1 fully saturated rings. The predicted molar refractivity (Wildman–Crippen MR) is 108 cm³/mol. The van der Waals surface area contributed by atoms with E-state index in [0.29, 0.717) is 17.2 Å². The minimum Gasteiger partial charge on any atom is -0.368 e. The molecular weight excluding hydrogens is 340 g/mol. The fraction of sp³-hybridized carbons (Fsp3) is 0.429. The molecule has 2 aliphatic carbocycles. The number of likely N-dealkylation sites (N-methyl/N-ethyl adjacent to an activating group) is 1. The Labute approximate surface area is 160 Å². The van der Waals surface area contributed by atoms with Gasteiger partial charge < -0.3 is 21.7 Å². The van der Waals surface area contributed by atoms with Gasteiger partial charge in [-0.25, -0.2) is 0 Å². The summed E-state index contributed by atoms with van der Waals surface area (Å²) in [6, 6.07) is 5.23. The highest BCUT2D eigenvalue weighted by Gasteiger charge is 2.27. The molecule has 27 heavy (non-hydrogen) atoms. The molecule has 2 unspecified atom stereocenters. The monoisotopic (exact) mass is 368 g/mol. The number of nitrogens with two attached hydrogens (primary N) is 1. The average molecular weight is 368 g/mol. The van der Waals surface area contributed by atoms with Gasteiger partial charge in [-0.05, 0) is 57.4 Å². The smallest absolute Gasteiger partial charge is 0.251 e. The summed E-state index contributed by atoms with van der Waals surface area (Å²) in [4.78, 5) is 25.1. The molecule has 144 valence electrons. The van der Waals surface area contributed by atoms with E-state index in [9.17, 15) is 9.59 Å². The molecule has 0 saturated heterocycles. The lowest BCUT2D eigenvalue weighted by atomic mass is 9.97. The number of hydrogen-bond acceptors (Lipinski definition) is 5. The van der Waals surface area contributed by atoms with E-state index >= 15 is 0 Å². The Morgan fingerprint density at radius 2 is 2.00 bits per heavy atom. The van der Waals surface area contributed by atoms with Gasteiger partial charge in [0.25, 0.3) is 5.91 Å². The number of ketones is 1. The first-order valence-corrected chi connectivity index (χ1v) is 9.51. The highest BCUT2D eigenvalue weighted by molar-refractivity contribution is 6.02. The summed E-state index contributed by atoms with van der Waals surface area (Å²) >= 11 is 0. The maximum Gasteiger partial charge on any atom is 0.251 e. The molecule has 6 nitrogen and oxygen atoms in total. The van der Waals surface area contributed by atoms with Crippen molar-refractivity contribution in [2.45, 2.75) is 50.9 Å². The van der Waals surface area contributed by atoms with E-state index in [1.165, 1.54) is 0 Å². The maximum absolute atomic E-state index is 12.8. The summed E-state index contributed by atoms with van der Waals surface area (Å²) in [5.41, 5.74) is 9.31. The van der Waals surface area contributed by atoms with E-state index in [1.807, 2.05) is 37.3 Å². The number of Topliss-reactive ketones (excluding diaryl/α,β-unsaturated/α-hetero) is 1. The summed E-state index contributed by atoms with van der Waals surface area (Å²) in [6.07, 6.45) is 9.11. The van der Waals surface area contributed by atoms with Crippen molar-refractivity contribution in [3.63, 3.8) is 0 Å². The Balaban J connectivity index is 1.72. The number of hydrogen-bond donors (Lipinski definition) is 4. The second kappa shape index (κ2) is 8.50. The fourth-order valence-electron chi connectivity index (χ4n) is 3.13. The van der Waals surface area contributed by atoms with E-state index in [1.54, 1.807) is 13.1 Å². The van der Waals surface area contributed by atoms with Gasteiger partial charge in [0.15, 0.2) is 5.78 Å². The van der Waals surface area contributed by atoms with Crippen LogP contribution in [0.15, 0.2) is 42.0 Å². The van der Waals surface area contributed by atoms with Crippen molar-refractivity contribution in [3.05, 3.63) is 53.1 Å². The summed E-state index contributed by atoms with van der Waals surface area (Å²) in [5.74, 6) is -0.110. The van der Waals surface area contributed by atoms with Crippen LogP contribution in [0.5, 0.6) is 0 Å². The van der Waals surface area contributed by atoms with E-state index in [-0.39, 0.29) is 11.7 Å². The third-order valence-corrected chi connectivity index (χ3v) is 4.97. The molecule has 1 saturated carbocycles. The van der Waals surface area contributed by atoms with Gasteiger partial charge in [0.05, 0.1) is 6.17 Å². The molecule has 1 aromatic carbocycles. The van der Waals surface area contributed by atoms with Crippen LogP contribution in [0.2, 0.25) is 0 Å². The van der Waals surface area contributed by atoms with Gasteiger partial charge in [0, 0.05) is 22.9 Å². The molecule has 0 bridgehead atoms. The van der Waals surface area contributed by atoms with Crippen LogP contribution in [0.3, 0.4) is 0 Å². The number of anilines is 1. The second-order valence-corrected chi connectivity index (χ2v) is 7.22. The number of rotatable bonds is 8. The molecule has 0 aromatic heterocycles. The van der Waals surface area contributed by atoms with E-state index in [0.717, 1.165) is 36.9 Å². The lowest BCUT2D eigenvalue weighted by Crippen LogP contribution is -2.53. The molecule has 2 atom stereocenters. The number of nitrogens with one attached hydrogen (secondary N) is 3. The van der Waals surface area contributed by atoms with Crippen molar-refractivity contribution < 1.29 is 9.59 Å². The van der Waals surface area contributed by atoms with E-state index < -0.39 is 12.2 Å². The average Bonchev–Trinajstić information content (AvgIpc) is 3.48. The van der Waals surface area contributed by atoms with Crippen LogP contribution in [0.25, 0.3) is 0 Å². The third-order valence-electron chi connectivity index (χ3n) is 4.97. The zero-order valence-corrected chi connectivity index (χ0v) is 15.9. The van der Waals surface area contributed by atoms with Gasteiger partial charge >= 0.3 is 0 Å². The normalized spacial score (nSPS) is 18.4. The van der Waals surface area contributed by atoms with E-state index in [4.69, 9.17) is 5.73 Å². The highest BCUT2D eigenvalue weighted by Crippen LogP contribution is 2.22. The van der Waals surface area contributed by atoms with Gasteiger partial charge in [-0.2, -0.15) is 0 Å². The Kier molecular flexibility index (Phi) is 6.08. The lowest BCUT2D eigenvalue weighted by Gasteiger charge is -2.26. The van der Waals surface area contributed by atoms with Crippen LogP contribution in [-0.2, 0) is 4.79 Å². The summed E-state index contributed by atoms with van der Waals surface area (Å²) in [5, 5.41) is 9.21. The first-order chi connectivity index (χ1) is 13.0. The summed E-state index contributed by atoms with van der Waals surface area (Å²) < 4.78 is 0. The third kappa shape index (κ3) is 4.84. The summed E-state index contributed by atoms with van der Waals surface area (Å²) in [7, 11) is 1.73. The predicted octanol–water partition coefficient (Wildman–Crippen LogP) is 2.02. The number of amides is 1. The molecule has 5 N–H and O–H groups in total. The van der Waals surface area contributed by atoms with Crippen molar-refractivity contribution in [3.8, 4) is 0 Å². The zero-order valence-electron chi connectivity index (χ0n) is 15.9. The molecule has 3 rings (SSSR count). The van der Waals surface area contributed by atoms with Gasteiger partial charge in [-0.3, -0.25) is 9.59 Å². The van der Waals surface area contributed by atoms with Crippen LogP contribution < -0.4 is 21.7 Å². The number of aryl methyl sites for hydroxylation is 1. The second-order valence-electron chi connectivity index (χ2n) is 7.22. The topological polar surface area (TPSA) is 96.2 Å². The quantitative estimate of drug-likeness (QED) is 0.527. The van der Waals surface area contributed by atoms with Crippen molar-refractivity contribution in [1.82, 2.24) is 10.6 Å². The molecule has 6 heteroatoms. The molecule has 0 radical (unpaired) electrons.